The minimum absolute atomic E-state index is 0.667. The van der Waals surface area contributed by atoms with Gasteiger partial charge in [0.15, 0.2) is 0 Å². The van der Waals surface area contributed by atoms with Crippen molar-refractivity contribution in [2.75, 3.05) is 0 Å². The number of nitrogens with zero attached hydrogens (tertiary/aromatic N) is 2. The Balaban J connectivity index is 2.61. The second-order valence-corrected chi connectivity index (χ2v) is 3.36. The molecular formula is C11H17N3. The molecule has 1 heterocycles. The average molecular weight is 191 g/mol. The molecule has 0 aromatic carbocycles. The minimum atomic E-state index is 0.667. The molecule has 0 bridgehead atoms. The number of aliphatic imine (C=N–C) groups is 1. The van der Waals surface area contributed by atoms with E-state index in [1.807, 2.05) is 19.2 Å². The number of aromatic nitrogens is 1. The van der Waals surface area contributed by atoms with Gasteiger partial charge in [0, 0.05) is 18.8 Å². The Kier molecular flexibility index (Phi) is 4.11. The molecule has 0 spiro atoms. The highest BCUT2D eigenvalue weighted by Crippen LogP contribution is 2.06. The largest absolute Gasteiger partial charge is 0.387 e. The van der Waals surface area contributed by atoms with Gasteiger partial charge >= 0.3 is 0 Å². The molecule has 0 saturated carbocycles. The highest BCUT2D eigenvalue weighted by Gasteiger charge is 1.96. The van der Waals surface area contributed by atoms with Gasteiger partial charge in [0.05, 0.1) is 12.4 Å². The van der Waals surface area contributed by atoms with Gasteiger partial charge in [-0.15, -0.1) is 0 Å². The van der Waals surface area contributed by atoms with Crippen molar-refractivity contribution in [3.05, 3.63) is 29.6 Å². The molecule has 76 valence electrons. The van der Waals surface area contributed by atoms with Gasteiger partial charge in [0.25, 0.3) is 0 Å². The van der Waals surface area contributed by atoms with Crippen LogP contribution >= 0.6 is 0 Å². The summed E-state index contributed by atoms with van der Waals surface area (Å²) in [5.41, 5.74) is 8.08. The van der Waals surface area contributed by atoms with E-state index in [4.69, 9.17) is 5.73 Å². The molecule has 0 fully saturated rings. The number of aryl methyl sites for hydroxylation is 1. The number of nitrogens with two attached hydrogens (primary N) is 1. The van der Waals surface area contributed by atoms with Gasteiger partial charge in [-0.2, -0.15) is 0 Å². The van der Waals surface area contributed by atoms with E-state index in [0.29, 0.717) is 6.54 Å². The van der Waals surface area contributed by atoms with E-state index in [9.17, 15) is 0 Å². The lowest BCUT2D eigenvalue weighted by atomic mass is 10.1. The summed E-state index contributed by atoms with van der Waals surface area (Å²) in [7, 11) is 0. The second-order valence-electron chi connectivity index (χ2n) is 3.36. The lowest BCUT2D eigenvalue weighted by Crippen LogP contribution is -2.11. The van der Waals surface area contributed by atoms with Crippen molar-refractivity contribution in [1.29, 1.82) is 0 Å². The fourth-order valence-corrected chi connectivity index (χ4v) is 1.20. The lowest BCUT2D eigenvalue weighted by molar-refractivity contribution is 0.948. The second kappa shape index (κ2) is 5.37. The van der Waals surface area contributed by atoms with Gasteiger partial charge in [-0.1, -0.05) is 6.92 Å². The van der Waals surface area contributed by atoms with E-state index in [0.717, 1.165) is 18.7 Å². The molecule has 0 unspecified atom stereocenters. The third-order valence-electron chi connectivity index (χ3n) is 2.10. The summed E-state index contributed by atoms with van der Waals surface area (Å²) in [6, 6.07) is 1.98. The molecule has 3 heteroatoms. The first-order valence-corrected chi connectivity index (χ1v) is 4.92. The van der Waals surface area contributed by atoms with Gasteiger partial charge in [0.2, 0.25) is 0 Å². The Morgan fingerprint density at radius 3 is 3.00 bits per heavy atom. The van der Waals surface area contributed by atoms with Crippen molar-refractivity contribution >= 4 is 5.84 Å². The Bertz CT molecular complexity index is 318. The summed E-state index contributed by atoms with van der Waals surface area (Å²) in [4.78, 5) is 8.34. The fraction of sp³-hybridized carbons (Fsp3) is 0.455. The summed E-state index contributed by atoms with van der Waals surface area (Å²) in [5.74, 6) is 0.740. The van der Waals surface area contributed by atoms with Crippen molar-refractivity contribution in [3.63, 3.8) is 0 Å². The smallest absolute Gasteiger partial charge is 0.0941 e. The number of amidine groups is 1. The zero-order chi connectivity index (χ0) is 10.4. The maximum atomic E-state index is 5.72. The SMILES string of the molecule is CCCC(N)=NCc1ccncc1C. The highest BCUT2D eigenvalue weighted by atomic mass is 14.8. The average Bonchev–Trinajstić information content (AvgIpc) is 2.17. The molecule has 1 aromatic rings. The van der Waals surface area contributed by atoms with Crippen LogP contribution in [0.4, 0.5) is 0 Å². The molecule has 0 radical (unpaired) electrons. The van der Waals surface area contributed by atoms with E-state index >= 15 is 0 Å². The maximum absolute atomic E-state index is 5.72. The maximum Gasteiger partial charge on any atom is 0.0941 e. The standard InChI is InChI=1S/C11H17N3/c1-3-4-11(12)14-8-10-5-6-13-7-9(10)2/h5-7H,3-4,8H2,1-2H3,(H2,12,14). The summed E-state index contributed by atoms with van der Waals surface area (Å²) in [5, 5.41) is 0. The first kappa shape index (κ1) is 10.7. The van der Waals surface area contributed by atoms with Gasteiger partial charge in [-0.3, -0.25) is 9.98 Å². The van der Waals surface area contributed by atoms with Crippen LogP contribution in [0.3, 0.4) is 0 Å². The van der Waals surface area contributed by atoms with Crippen LogP contribution in [0.1, 0.15) is 30.9 Å². The molecule has 1 rings (SSSR count). The van der Waals surface area contributed by atoms with E-state index < -0.39 is 0 Å². The van der Waals surface area contributed by atoms with E-state index in [2.05, 4.69) is 16.9 Å². The van der Waals surface area contributed by atoms with Crippen LogP contribution in [-0.2, 0) is 6.54 Å². The molecular weight excluding hydrogens is 174 g/mol. The van der Waals surface area contributed by atoms with Crippen molar-refractivity contribution in [2.45, 2.75) is 33.2 Å². The van der Waals surface area contributed by atoms with Crippen LogP contribution in [0.2, 0.25) is 0 Å². The molecule has 0 aliphatic carbocycles. The molecule has 0 aliphatic rings. The first-order chi connectivity index (χ1) is 6.74. The number of hydrogen-bond donors (Lipinski definition) is 1. The van der Waals surface area contributed by atoms with Crippen LogP contribution in [0.25, 0.3) is 0 Å². The lowest BCUT2D eigenvalue weighted by Gasteiger charge is -2.02. The van der Waals surface area contributed by atoms with Crippen LogP contribution in [0, 0.1) is 6.92 Å². The molecule has 0 atom stereocenters. The summed E-state index contributed by atoms with van der Waals surface area (Å²) in [6.07, 6.45) is 5.56. The molecule has 0 amide bonds. The van der Waals surface area contributed by atoms with Gasteiger partial charge in [0.1, 0.15) is 0 Å². The zero-order valence-corrected chi connectivity index (χ0v) is 8.83. The zero-order valence-electron chi connectivity index (χ0n) is 8.83. The molecule has 0 saturated heterocycles. The van der Waals surface area contributed by atoms with Crippen LogP contribution < -0.4 is 5.73 Å². The van der Waals surface area contributed by atoms with Crippen LogP contribution in [0.5, 0.6) is 0 Å². The number of hydrogen-bond acceptors (Lipinski definition) is 2. The fourth-order valence-electron chi connectivity index (χ4n) is 1.20. The van der Waals surface area contributed by atoms with E-state index in [-0.39, 0.29) is 0 Å². The quantitative estimate of drug-likeness (QED) is 0.585. The molecule has 0 aliphatic heterocycles. The Hall–Kier alpha value is -1.38. The molecule has 2 N–H and O–H groups in total. The van der Waals surface area contributed by atoms with E-state index in [1.165, 1.54) is 11.1 Å². The van der Waals surface area contributed by atoms with Crippen LogP contribution in [0.15, 0.2) is 23.5 Å². The monoisotopic (exact) mass is 191 g/mol. The van der Waals surface area contributed by atoms with Gasteiger partial charge < -0.3 is 5.73 Å². The normalized spacial score (nSPS) is 11.7. The summed E-state index contributed by atoms with van der Waals surface area (Å²) in [6.45, 7) is 4.80. The number of pyridine rings is 1. The Labute approximate surface area is 85.1 Å². The molecule has 14 heavy (non-hydrogen) atoms. The Morgan fingerprint density at radius 2 is 2.36 bits per heavy atom. The van der Waals surface area contributed by atoms with Crippen molar-refractivity contribution in [2.24, 2.45) is 10.7 Å². The van der Waals surface area contributed by atoms with Crippen molar-refractivity contribution in [3.8, 4) is 0 Å². The highest BCUT2D eigenvalue weighted by molar-refractivity contribution is 5.80. The van der Waals surface area contributed by atoms with E-state index in [1.54, 1.807) is 6.20 Å². The Morgan fingerprint density at radius 1 is 1.57 bits per heavy atom. The first-order valence-electron chi connectivity index (χ1n) is 4.92. The van der Waals surface area contributed by atoms with Gasteiger partial charge in [-0.25, -0.2) is 0 Å². The van der Waals surface area contributed by atoms with Gasteiger partial charge in [-0.05, 0) is 30.5 Å². The van der Waals surface area contributed by atoms with Crippen molar-refractivity contribution in [1.82, 2.24) is 4.98 Å². The third kappa shape index (κ3) is 3.17. The third-order valence-corrected chi connectivity index (χ3v) is 2.10. The minimum Gasteiger partial charge on any atom is -0.387 e. The molecule has 3 nitrogen and oxygen atoms in total. The molecule has 1 aromatic heterocycles. The predicted octanol–water partition coefficient (Wildman–Crippen LogP) is 2.05. The predicted molar refractivity (Wildman–Crippen MR) is 59.2 cm³/mol. The van der Waals surface area contributed by atoms with Crippen molar-refractivity contribution < 1.29 is 0 Å². The van der Waals surface area contributed by atoms with Crippen LogP contribution in [-0.4, -0.2) is 10.8 Å². The summed E-state index contributed by atoms with van der Waals surface area (Å²) < 4.78 is 0. The summed E-state index contributed by atoms with van der Waals surface area (Å²) >= 11 is 0. The number of rotatable bonds is 4. The topological polar surface area (TPSA) is 51.3 Å².